The van der Waals surface area contributed by atoms with Gasteiger partial charge in [0.1, 0.15) is 0 Å². The van der Waals surface area contributed by atoms with Crippen LogP contribution in [0.4, 0.5) is 5.69 Å². The van der Waals surface area contributed by atoms with E-state index in [1.807, 2.05) is 24.3 Å². The molecule has 0 saturated carbocycles. The summed E-state index contributed by atoms with van der Waals surface area (Å²) in [6.07, 6.45) is 4.47. The summed E-state index contributed by atoms with van der Waals surface area (Å²) in [5.41, 5.74) is 1.77. The van der Waals surface area contributed by atoms with Gasteiger partial charge in [-0.15, -0.1) is 0 Å². The second-order valence-corrected chi connectivity index (χ2v) is 7.86. The summed E-state index contributed by atoms with van der Waals surface area (Å²) in [4.78, 5) is 13.5. The molecule has 3 rings (SSSR count). The summed E-state index contributed by atoms with van der Waals surface area (Å²) in [5.74, 6) is 0.156. The number of hydrogen-bond acceptors (Lipinski definition) is 3. The highest BCUT2D eigenvalue weighted by Crippen LogP contribution is 2.21. The van der Waals surface area contributed by atoms with Crippen LogP contribution >= 0.6 is 0 Å². The zero-order valence-electron chi connectivity index (χ0n) is 13.2. The van der Waals surface area contributed by atoms with E-state index in [0.29, 0.717) is 19.5 Å². The quantitative estimate of drug-likeness (QED) is 0.888. The van der Waals surface area contributed by atoms with E-state index in [-0.39, 0.29) is 12.5 Å². The third-order valence-electron chi connectivity index (χ3n) is 4.44. The van der Waals surface area contributed by atoms with Crippen molar-refractivity contribution in [3.05, 3.63) is 29.8 Å². The third-order valence-corrected chi connectivity index (χ3v) is 5.99. The number of nitrogens with one attached hydrogen (secondary N) is 1. The first-order chi connectivity index (χ1) is 11.1. The first-order valence-corrected chi connectivity index (χ1v) is 9.64. The zero-order valence-corrected chi connectivity index (χ0v) is 14.0. The minimum absolute atomic E-state index is 0.156. The van der Waals surface area contributed by atoms with Crippen molar-refractivity contribution in [2.45, 2.75) is 38.6 Å². The van der Waals surface area contributed by atoms with Gasteiger partial charge >= 0.3 is 0 Å². The molecule has 2 fully saturated rings. The number of carbonyl (C=O) groups is 1. The number of anilines is 1. The van der Waals surface area contributed by atoms with Crippen LogP contribution in [0, 0.1) is 0 Å². The van der Waals surface area contributed by atoms with Gasteiger partial charge in [-0.2, -0.15) is 17.4 Å². The number of amides is 1. The molecule has 0 aromatic heterocycles. The van der Waals surface area contributed by atoms with Crippen LogP contribution in [-0.2, 0) is 21.5 Å². The van der Waals surface area contributed by atoms with Crippen LogP contribution in [0.5, 0.6) is 0 Å². The Kier molecular flexibility index (Phi) is 4.99. The van der Waals surface area contributed by atoms with Crippen molar-refractivity contribution in [2.24, 2.45) is 0 Å². The molecule has 126 valence electrons. The Morgan fingerprint density at radius 3 is 2.26 bits per heavy atom. The lowest BCUT2D eigenvalue weighted by Crippen LogP contribution is -2.43. The summed E-state index contributed by atoms with van der Waals surface area (Å²) < 4.78 is 28.7. The van der Waals surface area contributed by atoms with Crippen molar-refractivity contribution < 1.29 is 13.2 Å². The van der Waals surface area contributed by atoms with Crippen molar-refractivity contribution in [3.63, 3.8) is 0 Å². The molecule has 1 N–H and O–H groups in total. The van der Waals surface area contributed by atoms with Gasteiger partial charge in [0, 0.05) is 38.3 Å². The van der Waals surface area contributed by atoms with E-state index >= 15 is 0 Å². The number of carbonyl (C=O) groups excluding carboxylic acids is 1. The molecule has 2 saturated heterocycles. The van der Waals surface area contributed by atoms with E-state index in [1.165, 1.54) is 4.31 Å². The normalized spacial score (nSPS) is 20.2. The molecule has 0 radical (unpaired) electrons. The van der Waals surface area contributed by atoms with Crippen molar-refractivity contribution in [3.8, 4) is 0 Å². The van der Waals surface area contributed by atoms with Gasteiger partial charge in [-0.05, 0) is 37.0 Å². The number of hydrogen-bond donors (Lipinski definition) is 1. The van der Waals surface area contributed by atoms with Crippen LogP contribution < -0.4 is 9.62 Å². The Morgan fingerprint density at radius 2 is 1.65 bits per heavy atom. The predicted molar refractivity (Wildman–Crippen MR) is 89.2 cm³/mol. The highest BCUT2D eigenvalue weighted by molar-refractivity contribution is 7.87. The van der Waals surface area contributed by atoms with Gasteiger partial charge in [0.2, 0.25) is 5.91 Å². The number of rotatable bonds is 5. The molecule has 1 aromatic carbocycles. The van der Waals surface area contributed by atoms with Gasteiger partial charge in [0.25, 0.3) is 10.2 Å². The average Bonchev–Trinajstić information content (AvgIpc) is 3.00. The maximum absolute atomic E-state index is 12.2. The average molecular weight is 337 g/mol. The lowest BCUT2D eigenvalue weighted by atomic mass is 10.2. The standard InChI is InChI=1S/C16H23N3O3S/c20-16-5-4-12-19(16)15-8-6-14(7-9-15)13-17-23(21,22)18-10-2-1-3-11-18/h6-9,17H,1-5,10-13H2. The Morgan fingerprint density at radius 1 is 0.957 bits per heavy atom. The number of benzene rings is 1. The molecule has 0 aliphatic carbocycles. The molecule has 1 aromatic rings. The first-order valence-electron chi connectivity index (χ1n) is 8.20. The Labute approximate surface area is 137 Å². The van der Waals surface area contributed by atoms with Gasteiger partial charge in [0.05, 0.1) is 0 Å². The van der Waals surface area contributed by atoms with E-state index in [2.05, 4.69) is 4.72 Å². The van der Waals surface area contributed by atoms with Crippen molar-refractivity contribution in [1.82, 2.24) is 9.03 Å². The summed E-state index contributed by atoms with van der Waals surface area (Å²) in [5, 5.41) is 0. The molecular formula is C16H23N3O3S. The fourth-order valence-corrected chi connectivity index (χ4v) is 4.36. The largest absolute Gasteiger partial charge is 0.312 e. The molecule has 2 aliphatic heterocycles. The van der Waals surface area contributed by atoms with Crippen LogP contribution in [0.25, 0.3) is 0 Å². The third kappa shape index (κ3) is 3.91. The lowest BCUT2D eigenvalue weighted by molar-refractivity contribution is -0.117. The molecule has 1 amide bonds. The minimum atomic E-state index is -3.40. The lowest BCUT2D eigenvalue weighted by Gasteiger charge is -2.26. The molecule has 2 heterocycles. The van der Waals surface area contributed by atoms with Gasteiger partial charge < -0.3 is 4.90 Å². The summed E-state index contributed by atoms with van der Waals surface area (Å²) >= 11 is 0. The monoisotopic (exact) mass is 337 g/mol. The maximum atomic E-state index is 12.2. The van der Waals surface area contributed by atoms with Crippen LogP contribution in [0.2, 0.25) is 0 Å². The van der Waals surface area contributed by atoms with Crippen LogP contribution in [0.3, 0.4) is 0 Å². The minimum Gasteiger partial charge on any atom is -0.312 e. The van der Waals surface area contributed by atoms with Gasteiger partial charge in [-0.3, -0.25) is 4.79 Å². The van der Waals surface area contributed by atoms with E-state index in [4.69, 9.17) is 0 Å². The van der Waals surface area contributed by atoms with E-state index in [9.17, 15) is 13.2 Å². The van der Waals surface area contributed by atoms with Crippen molar-refractivity contribution in [2.75, 3.05) is 24.5 Å². The fraction of sp³-hybridized carbons (Fsp3) is 0.562. The van der Waals surface area contributed by atoms with Crippen LogP contribution in [0.1, 0.15) is 37.7 Å². The molecule has 0 unspecified atom stereocenters. The van der Waals surface area contributed by atoms with Crippen molar-refractivity contribution in [1.29, 1.82) is 0 Å². The van der Waals surface area contributed by atoms with Gasteiger partial charge in [-0.25, -0.2) is 0 Å². The fourth-order valence-electron chi connectivity index (χ4n) is 3.09. The summed E-state index contributed by atoms with van der Waals surface area (Å²) in [6.45, 7) is 2.24. The molecule has 0 atom stereocenters. The summed E-state index contributed by atoms with van der Waals surface area (Å²) in [6, 6.07) is 7.51. The molecule has 7 heteroatoms. The highest BCUT2D eigenvalue weighted by Gasteiger charge is 2.24. The predicted octanol–water partition coefficient (Wildman–Crippen LogP) is 1.63. The second kappa shape index (κ2) is 6.98. The molecule has 23 heavy (non-hydrogen) atoms. The molecule has 6 nitrogen and oxygen atoms in total. The van der Waals surface area contributed by atoms with E-state index < -0.39 is 10.2 Å². The van der Waals surface area contributed by atoms with Crippen LogP contribution in [-0.4, -0.2) is 38.3 Å². The second-order valence-electron chi connectivity index (χ2n) is 6.10. The van der Waals surface area contributed by atoms with E-state index in [1.54, 1.807) is 4.90 Å². The first kappa shape index (κ1) is 16.4. The highest BCUT2D eigenvalue weighted by atomic mass is 32.2. The molecule has 2 aliphatic rings. The molecule has 0 spiro atoms. The smallest absolute Gasteiger partial charge is 0.279 e. The zero-order chi connectivity index (χ0) is 16.3. The topological polar surface area (TPSA) is 69.7 Å². The van der Waals surface area contributed by atoms with Gasteiger partial charge in [-0.1, -0.05) is 18.6 Å². The van der Waals surface area contributed by atoms with Gasteiger partial charge in [0.15, 0.2) is 0 Å². The molecule has 0 bridgehead atoms. The number of piperidine rings is 1. The Bertz CT molecular complexity index is 652. The Hall–Kier alpha value is -1.44. The number of nitrogens with zero attached hydrogens (tertiary/aromatic N) is 2. The summed E-state index contributed by atoms with van der Waals surface area (Å²) in [7, 11) is -3.40. The molecular weight excluding hydrogens is 314 g/mol. The maximum Gasteiger partial charge on any atom is 0.279 e. The van der Waals surface area contributed by atoms with Crippen molar-refractivity contribution >= 4 is 21.8 Å². The van der Waals surface area contributed by atoms with E-state index in [0.717, 1.165) is 43.5 Å². The Balaban J connectivity index is 1.59. The van der Waals surface area contributed by atoms with Crippen LogP contribution in [0.15, 0.2) is 24.3 Å². The SMILES string of the molecule is O=C1CCCN1c1ccc(CNS(=O)(=O)N2CCCCC2)cc1.